The van der Waals surface area contributed by atoms with Crippen LogP contribution in [0, 0.1) is 6.92 Å². The van der Waals surface area contributed by atoms with Crippen molar-refractivity contribution in [1.82, 2.24) is 10.3 Å². The Hall–Kier alpha value is -1.78. The number of aromatic amines is 1. The van der Waals surface area contributed by atoms with E-state index < -0.39 is 12.0 Å². The highest BCUT2D eigenvalue weighted by atomic mass is 16.4. The van der Waals surface area contributed by atoms with Gasteiger partial charge in [0.15, 0.2) is 0 Å². The van der Waals surface area contributed by atoms with Crippen LogP contribution >= 0.6 is 0 Å². The molecule has 0 spiro atoms. The predicted octanol–water partition coefficient (Wildman–Crippen LogP) is 0.526. The molecule has 0 bridgehead atoms. The molecule has 14 heavy (non-hydrogen) atoms. The second-order valence-corrected chi connectivity index (χ2v) is 3.05. The van der Waals surface area contributed by atoms with E-state index in [1.807, 2.05) is 0 Å². The summed E-state index contributed by atoms with van der Waals surface area (Å²) in [6.45, 7) is 3.17. The normalized spacial score (nSPS) is 12.1. The number of rotatable bonds is 3. The minimum Gasteiger partial charge on any atom is -0.480 e. The first kappa shape index (κ1) is 10.3. The first-order chi connectivity index (χ1) is 6.52. The maximum atomic E-state index is 11.4. The van der Waals surface area contributed by atoms with Gasteiger partial charge >= 0.3 is 5.97 Å². The van der Waals surface area contributed by atoms with Crippen molar-refractivity contribution >= 4 is 11.9 Å². The van der Waals surface area contributed by atoms with E-state index in [0.717, 1.165) is 5.69 Å². The molecule has 5 heteroatoms. The Morgan fingerprint density at radius 2 is 2.21 bits per heavy atom. The van der Waals surface area contributed by atoms with Crippen LogP contribution < -0.4 is 5.32 Å². The Morgan fingerprint density at radius 1 is 1.57 bits per heavy atom. The van der Waals surface area contributed by atoms with Crippen LogP contribution in [0.2, 0.25) is 0 Å². The Balaban J connectivity index is 2.69. The van der Waals surface area contributed by atoms with Crippen molar-refractivity contribution < 1.29 is 14.7 Å². The van der Waals surface area contributed by atoms with Crippen molar-refractivity contribution in [2.24, 2.45) is 0 Å². The van der Waals surface area contributed by atoms with Crippen molar-refractivity contribution in [3.05, 3.63) is 23.5 Å². The molecule has 1 rings (SSSR count). The van der Waals surface area contributed by atoms with E-state index >= 15 is 0 Å². The van der Waals surface area contributed by atoms with Crippen molar-refractivity contribution in [2.75, 3.05) is 0 Å². The molecule has 1 aromatic heterocycles. The predicted molar refractivity (Wildman–Crippen MR) is 50.1 cm³/mol. The molecule has 5 nitrogen and oxygen atoms in total. The van der Waals surface area contributed by atoms with E-state index in [2.05, 4.69) is 10.3 Å². The molecule has 76 valence electrons. The molecule has 0 aromatic carbocycles. The topological polar surface area (TPSA) is 82.2 Å². The number of carboxylic acid groups (broad SMARTS) is 1. The summed E-state index contributed by atoms with van der Waals surface area (Å²) in [5, 5.41) is 10.9. The van der Waals surface area contributed by atoms with Gasteiger partial charge in [-0.25, -0.2) is 0 Å². The molecule has 0 saturated carbocycles. The number of amides is 1. The number of H-pyrrole nitrogens is 1. The molecule has 0 fully saturated rings. The zero-order chi connectivity index (χ0) is 10.7. The summed E-state index contributed by atoms with van der Waals surface area (Å²) in [7, 11) is 0. The van der Waals surface area contributed by atoms with E-state index in [0.29, 0.717) is 5.56 Å². The highest BCUT2D eigenvalue weighted by Crippen LogP contribution is 2.04. The Labute approximate surface area is 81.1 Å². The standard InChI is InChI=1S/C9H12N2O3/c1-5-7(3-4-10-5)8(12)11-6(2)9(13)14/h3-4,6,10H,1-2H3,(H,11,12)(H,13,14). The van der Waals surface area contributed by atoms with Crippen molar-refractivity contribution in [3.63, 3.8) is 0 Å². The van der Waals surface area contributed by atoms with Gasteiger partial charge in [-0.1, -0.05) is 0 Å². The fourth-order valence-corrected chi connectivity index (χ4v) is 1.03. The molecule has 1 atom stereocenters. The Morgan fingerprint density at radius 3 is 2.64 bits per heavy atom. The van der Waals surface area contributed by atoms with Crippen LogP contribution in [0.3, 0.4) is 0 Å². The third-order valence-electron chi connectivity index (χ3n) is 1.92. The van der Waals surface area contributed by atoms with Gasteiger partial charge in [0, 0.05) is 11.9 Å². The fourth-order valence-electron chi connectivity index (χ4n) is 1.03. The second kappa shape index (κ2) is 3.95. The minimum absolute atomic E-state index is 0.376. The third-order valence-corrected chi connectivity index (χ3v) is 1.92. The highest BCUT2D eigenvalue weighted by Gasteiger charge is 2.16. The highest BCUT2D eigenvalue weighted by molar-refractivity contribution is 5.97. The van der Waals surface area contributed by atoms with Crippen molar-refractivity contribution in [3.8, 4) is 0 Å². The number of hydrogen-bond acceptors (Lipinski definition) is 2. The molecule has 0 aliphatic carbocycles. The number of carbonyl (C=O) groups excluding carboxylic acids is 1. The zero-order valence-corrected chi connectivity index (χ0v) is 8.00. The second-order valence-electron chi connectivity index (χ2n) is 3.05. The molecular formula is C9H12N2O3. The molecule has 0 aliphatic heterocycles. The van der Waals surface area contributed by atoms with Crippen LogP contribution in [0.25, 0.3) is 0 Å². The minimum atomic E-state index is -1.05. The Bertz CT molecular complexity index is 357. The molecular weight excluding hydrogens is 184 g/mol. The van der Waals surface area contributed by atoms with Gasteiger partial charge in [-0.2, -0.15) is 0 Å². The molecule has 3 N–H and O–H groups in total. The van der Waals surface area contributed by atoms with E-state index in [9.17, 15) is 9.59 Å². The van der Waals surface area contributed by atoms with Gasteiger partial charge in [0.25, 0.3) is 5.91 Å². The van der Waals surface area contributed by atoms with Crippen molar-refractivity contribution in [2.45, 2.75) is 19.9 Å². The largest absolute Gasteiger partial charge is 0.480 e. The summed E-state index contributed by atoms with van der Waals surface area (Å²) in [5.41, 5.74) is 1.19. The first-order valence-electron chi connectivity index (χ1n) is 4.20. The van der Waals surface area contributed by atoms with Gasteiger partial charge in [-0.15, -0.1) is 0 Å². The van der Waals surface area contributed by atoms with Gasteiger partial charge in [-0.3, -0.25) is 9.59 Å². The number of aromatic nitrogens is 1. The average molecular weight is 196 g/mol. The van der Waals surface area contributed by atoms with Gasteiger partial charge < -0.3 is 15.4 Å². The fraction of sp³-hybridized carbons (Fsp3) is 0.333. The summed E-state index contributed by atoms with van der Waals surface area (Å²) < 4.78 is 0. The molecule has 0 radical (unpaired) electrons. The third kappa shape index (κ3) is 2.12. The lowest BCUT2D eigenvalue weighted by Gasteiger charge is -2.08. The average Bonchev–Trinajstić information content (AvgIpc) is 2.51. The number of carbonyl (C=O) groups is 2. The number of carboxylic acids is 1. The number of nitrogens with one attached hydrogen (secondary N) is 2. The summed E-state index contributed by atoms with van der Waals surface area (Å²) >= 11 is 0. The molecule has 0 aliphatic rings. The van der Waals surface area contributed by atoms with E-state index in [-0.39, 0.29) is 5.91 Å². The zero-order valence-electron chi connectivity index (χ0n) is 8.00. The van der Waals surface area contributed by atoms with Gasteiger partial charge in [0.2, 0.25) is 0 Å². The van der Waals surface area contributed by atoms with Crippen LogP contribution in [0.1, 0.15) is 23.0 Å². The van der Waals surface area contributed by atoms with Crippen LogP contribution in [-0.2, 0) is 4.79 Å². The number of aryl methyl sites for hydroxylation is 1. The number of aliphatic carboxylic acids is 1. The molecule has 1 unspecified atom stereocenters. The van der Waals surface area contributed by atoms with Gasteiger partial charge in [-0.05, 0) is 19.9 Å². The lowest BCUT2D eigenvalue weighted by molar-refractivity contribution is -0.138. The summed E-state index contributed by atoms with van der Waals surface area (Å²) in [6, 6.07) is 0.732. The molecule has 1 aromatic rings. The van der Waals surface area contributed by atoms with Crippen LogP contribution in [0.15, 0.2) is 12.3 Å². The maximum Gasteiger partial charge on any atom is 0.325 e. The quantitative estimate of drug-likeness (QED) is 0.659. The first-order valence-corrected chi connectivity index (χ1v) is 4.20. The van der Waals surface area contributed by atoms with E-state index in [1.54, 1.807) is 19.2 Å². The lowest BCUT2D eigenvalue weighted by Crippen LogP contribution is -2.38. The summed E-state index contributed by atoms with van der Waals surface area (Å²) in [5.74, 6) is -1.43. The molecule has 1 amide bonds. The van der Waals surface area contributed by atoms with Crippen LogP contribution in [0.5, 0.6) is 0 Å². The van der Waals surface area contributed by atoms with E-state index in [1.165, 1.54) is 6.92 Å². The number of hydrogen-bond donors (Lipinski definition) is 3. The summed E-state index contributed by atoms with van der Waals surface area (Å²) in [6.07, 6.45) is 1.63. The monoisotopic (exact) mass is 196 g/mol. The SMILES string of the molecule is Cc1[nH]ccc1C(=O)NC(C)C(=O)O. The van der Waals surface area contributed by atoms with Crippen LogP contribution in [-0.4, -0.2) is 28.0 Å². The van der Waals surface area contributed by atoms with Crippen molar-refractivity contribution in [1.29, 1.82) is 0 Å². The Kier molecular flexibility index (Phi) is 2.91. The smallest absolute Gasteiger partial charge is 0.325 e. The van der Waals surface area contributed by atoms with Gasteiger partial charge in [0.05, 0.1) is 5.56 Å². The summed E-state index contributed by atoms with van der Waals surface area (Å²) in [4.78, 5) is 24.8. The van der Waals surface area contributed by atoms with Gasteiger partial charge in [0.1, 0.15) is 6.04 Å². The van der Waals surface area contributed by atoms with Crippen LogP contribution in [0.4, 0.5) is 0 Å². The molecule has 0 saturated heterocycles. The maximum absolute atomic E-state index is 11.4. The molecule has 1 heterocycles. The van der Waals surface area contributed by atoms with E-state index in [4.69, 9.17) is 5.11 Å². The lowest BCUT2D eigenvalue weighted by atomic mass is 10.2.